The molecular weight excluding hydrogens is 264 g/mol. The molecule has 0 aromatic carbocycles. The number of nitrogens with two attached hydrogens (primary N) is 1. The first-order valence-electron chi connectivity index (χ1n) is 7.08. The number of nitrogen functional groups attached to an aromatic ring is 1. The Bertz CT molecular complexity index is 840. The van der Waals surface area contributed by atoms with Crippen LogP contribution in [0.1, 0.15) is 29.7 Å². The molecule has 0 unspecified atom stereocenters. The number of anilines is 1. The molecule has 3 aromatic rings. The van der Waals surface area contributed by atoms with Crippen molar-refractivity contribution in [1.82, 2.24) is 24.3 Å². The van der Waals surface area contributed by atoms with Gasteiger partial charge in [-0.3, -0.25) is 9.25 Å². The van der Waals surface area contributed by atoms with Gasteiger partial charge in [0.05, 0.1) is 16.8 Å². The van der Waals surface area contributed by atoms with E-state index in [1.165, 1.54) is 0 Å². The Morgan fingerprint density at radius 1 is 1.19 bits per heavy atom. The van der Waals surface area contributed by atoms with Crippen molar-refractivity contribution in [1.29, 1.82) is 0 Å². The van der Waals surface area contributed by atoms with E-state index in [1.54, 1.807) is 0 Å². The molecule has 0 saturated heterocycles. The van der Waals surface area contributed by atoms with Gasteiger partial charge in [0.25, 0.3) is 0 Å². The lowest BCUT2D eigenvalue weighted by molar-refractivity contribution is 0.746. The Hall–Kier alpha value is -2.37. The third-order valence-electron chi connectivity index (χ3n) is 3.95. The van der Waals surface area contributed by atoms with E-state index < -0.39 is 0 Å². The fourth-order valence-corrected chi connectivity index (χ4v) is 2.86. The summed E-state index contributed by atoms with van der Waals surface area (Å²) in [6.07, 6.45) is 2.90. The van der Waals surface area contributed by atoms with Crippen molar-refractivity contribution in [2.75, 3.05) is 5.73 Å². The average Bonchev–Trinajstić information content (AvgIpc) is 2.89. The van der Waals surface area contributed by atoms with Crippen LogP contribution in [-0.4, -0.2) is 24.3 Å². The van der Waals surface area contributed by atoms with Gasteiger partial charge in [-0.2, -0.15) is 5.10 Å². The van der Waals surface area contributed by atoms with Crippen LogP contribution in [-0.2, 0) is 13.5 Å². The lowest BCUT2D eigenvalue weighted by atomic mass is 10.2. The van der Waals surface area contributed by atoms with Gasteiger partial charge < -0.3 is 5.73 Å². The van der Waals surface area contributed by atoms with E-state index in [0.717, 1.165) is 40.1 Å². The van der Waals surface area contributed by atoms with Crippen molar-refractivity contribution in [3.05, 3.63) is 29.0 Å². The van der Waals surface area contributed by atoms with Gasteiger partial charge in [-0.15, -0.1) is 0 Å². The molecule has 3 aromatic heterocycles. The van der Waals surface area contributed by atoms with Gasteiger partial charge in [-0.1, -0.05) is 6.92 Å². The topological polar surface area (TPSA) is 74.5 Å². The first-order chi connectivity index (χ1) is 9.93. The second kappa shape index (κ2) is 4.58. The minimum Gasteiger partial charge on any atom is -0.383 e. The molecule has 0 amide bonds. The number of aryl methyl sites for hydroxylation is 4. The zero-order valence-electron chi connectivity index (χ0n) is 13.1. The summed E-state index contributed by atoms with van der Waals surface area (Å²) in [5.41, 5.74) is 11.3. The highest BCUT2D eigenvalue weighted by Gasteiger charge is 2.20. The van der Waals surface area contributed by atoms with Crippen LogP contribution >= 0.6 is 0 Å². The van der Waals surface area contributed by atoms with Crippen molar-refractivity contribution >= 4 is 16.9 Å². The maximum absolute atomic E-state index is 6.11. The Labute approximate surface area is 123 Å². The van der Waals surface area contributed by atoms with Gasteiger partial charge in [0, 0.05) is 18.9 Å². The van der Waals surface area contributed by atoms with Crippen molar-refractivity contribution in [3.8, 4) is 5.69 Å². The van der Waals surface area contributed by atoms with Gasteiger partial charge in [-0.05, 0) is 32.8 Å². The van der Waals surface area contributed by atoms with Crippen LogP contribution in [0.3, 0.4) is 0 Å². The molecule has 2 N–H and O–H groups in total. The van der Waals surface area contributed by atoms with Crippen molar-refractivity contribution in [2.45, 2.75) is 34.1 Å². The molecule has 0 aliphatic rings. The Balaban J connectivity index is 2.45. The summed E-state index contributed by atoms with van der Waals surface area (Å²) in [5.74, 6) is 1.22. The summed E-state index contributed by atoms with van der Waals surface area (Å²) in [5, 5.41) is 5.46. The second-order valence-corrected chi connectivity index (χ2v) is 5.39. The van der Waals surface area contributed by atoms with E-state index in [9.17, 15) is 0 Å². The fraction of sp³-hybridized carbons (Fsp3) is 0.400. The molecule has 110 valence electrons. The van der Waals surface area contributed by atoms with E-state index in [0.29, 0.717) is 11.6 Å². The lowest BCUT2D eigenvalue weighted by Gasteiger charge is -2.07. The first-order valence-corrected chi connectivity index (χ1v) is 7.08. The van der Waals surface area contributed by atoms with Crippen molar-refractivity contribution < 1.29 is 0 Å². The van der Waals surface area contributed by atoms with Crippen LogP contribution in [0.4, 0.5) is 5.82 Å². The minimum absolute atomic E-state index is 0.541. The zero-order valence-corrected chi connectivity index (χ0v) is 13.1. The van der Waals surface area contributed by atoms with Crippen molar-refractivity contribution in [2.24, 2.45) is 7.05 Å². The molecule has 0 saturated carbocycles. The molecule has 6 heteroatoms. The van der Waals surface area contributed by atoms with Gasteiger partial charge in [0.1, 0.15) is 11.6 Å². The summed E-state index contributed by atoms with van der Waals surface area (Å²) in [4.78, 5) is 8.90. The molecule has 0 spiro atoms. The number of fused-ring (bicyclic) bond motifs is 1. The van der Waals surface area contributed by atoms with E-state index in [1.807, 2.05) is 24.9 Å². The maximum atomic E-state index is 6.11. The first kappa shape index (κ1) is 13.6. The molecule has 6 nitrogen and oxygen atoms in total. The molecule has 0 aliphatic carbocycles. The van der Waals surface area contributed by atoms with Gasteiger partial charge in [0.2, 0.25) is 0 Å². The summed E-state index contributed by atoms with van der Waals surface area (Å²) < 4.78 is 3.98. The highest BCUT2D eigenvalue weighted by atomic mass is 15.3. The van der Waals surface area contributed by atoms with E-state index in [2.05, 4.69) is 40.4 Å². The molecule has 0 fully saturated rings. The summed E-state index contributed by atoms with van der Waals surface area (Å²) in [7, 11) is 1.94. The quantitative estimate of drug-likeness (QED) is 0.783. The van der Waals surface area contributed by atoms with Crippen LogP contribution in [0.5, 0.6) is 0 Å². The van der Waals surface area contributed by atoms with Crippen molar-refractivity contribution in [3.63, 3.8) is 0 Å². The van der Waals surface area contributed by atoms with Crippen LogP contribution in [0.2, 0.25) is 0 Å². The monoisotopic (exact) mass is 284 g/mol. The molecular formula is C15H20N6. The summed E-state index contributed by atoms with van der Waals surface area (Å²) >= 11 is 0. The third-order valence-corrected chi connectivity index (χ3v) is 3.95. The summed E-state index contributed by atoms with van der Waals surface area (Å²) in [6.45, 7) is 8.11. The molecule has 0 aliphatic heterocycles. The SMILES string of the molecule is CCc1nn(C)cc1-n1c(C)c(C)c2c(N)nc(C)nc21. The van der Waals surface area contributed by atoms with Gasteiger partial charge >= 0.3 is 0 Å². The van der Waals surface area contributed by atoms with Gasteiger partial charge in [-0.25, -0.2) is 9.97 Å². The molecule has 0 bridgehead atoms. The van der Waals surface area contributed by atoms with Crippen LogP contribution in [0.15, 0.2) is 6.20 Å². The van der Waals surface area contributed by atoms with E-state index in [-0.39, 0.29) is 0 Å². The Morgan fingerprint density at radius 3 is 2.57 bits per heavy atom. The fourth-order valence-electron chi connectivity index (χ4n) is 2.86. The van der Waals surface area contributed by atoms with Crippen LogP contribution in [0.25, 0.3) is 16.7 Å². The van der Waals surface area contributed by atoms with Crippen LogP contribution < -0.4 is 5.73 Å². The Morgan fingerprint density at radius 2 is 1.90 bits per heavy atom. The molecule has 3 rings (SSSR count). The molecule has 0 atom stereocenters. The number of aromatic nitrogens is 5. The van der Waals surface area contributed by atoms with Crippen LogP contribution in [0, 0.1) is 20.8 Å². The van der Waals surface area contributed by atoms with E-state index >= 15 is 0 Å². The predicted molar refractivity (Wildman–Crippen MR) is 83.6 cm³/mol. The molecule has 21 heavy (non-hydrogen) atoms. The summed E-state index contributed by atoms with van der Waals surface area (Å²) in [6, 6.07) is 0. The normalized spacial score (nSPS) is 11.5. The van der Waals surface area contributed by atoms with E-state index in [4.69, 9.17) is 5.73 Å². The largest absolute Gasteiger partial charge is 0.383 e. The molecule has 0 radical (unpaired) electrons. The number of hydrogen-bond acceptors (Lipinski definition) is 4. The molecule has 3 heterocycles. The highest BCUT2D eigenvalue weighted by Crippen LogP contribution is 2.31. The predicted octanol–water partition coefficient (Wildman–Crippen LogP) is 2.22. The van der Waals surface area contributed by atoms with Gasteiger partial charge in [0.15, 0.2) is 5.65 Å². The smallest absolute Gasteiger partial charge is 0.150 e. The average molecular weight is 284 g/mol. The lowest BCUT2D eigenvalue weighted by Crippen LogP contribution is -2.02. The highest BCUT2D eigenvalue weighted by molar-refractivity contribution is 5.92. The zero-order chi connectivity index (χ0) is 15.3. The minimum atomic E-state index is 0.541. The Kier molecular flexibility index (Phi) is 2.97. The maximum Gasteiger partial charge on any atom is 0.150 e. The number of nitrogens with zero attached hydrogens (tertiary/aromatic N) is 5. The number of rotatable bonds is 2. The standard InChI is InChI=1S/C15H20N6/c1-6-11-12(7-20(5)19-11)21-9(3)8(2)13-14(16)17-10(4)18-15(13)21/h7H,6H2,1-5H3,(H2,16,17,18). The second-order valence-electron chi connectivity index (χ2n) is 5.39. The number of hydrogen-bond donors (Lipinski definition) is 1. The third kappa shape index (κ3) is 1.90.